The van der Waals surface area contributed by atoms with Gasteiger partial charge >= 0.3 is 0 Å². The standard InChI is InChI=1S/C12H15N3O/c1-9-3-4-12(16-9)8-13-7-11-5-6-14-10(2)15-11/h3-6,13H,7-8H2,1-2H3. The second-order valence-electron chi connectivity index (χ2n) is 3.71. The summed E-state index contributed by atoms with van der Waals surface area (Å²) in [6.07, 6.45) is 1.77. The van der Waals surface area contributed by atoms with Crippen LogP contribution in [0.15, 0.2) is 28.8 Å². The van der Waals surface area contributed by atoms with Gasteiger partial charge in [0.15, 0.2) is 0 Å². The Kier molecular flexibility index (Phi) is 3.31. The number of aryl methyl sites for hydroxylation is 2. The molecule has 0 saturated carbocycles. The zero-order valence-electron chi connectivity index (χ0n) is 9.53. The average molecular weight is 217 g/mol. The first-order chi connectivity index (χ1) is 7.74. The van der Waals surface area contributed by atoms with Crippen LogP contribution in [-0.2, 0) is 13.1 Å². The van der Waals surface area contributed by atoms with Gasteiger partial charge in [-0.05, 0) is 32.0 Å². The van der Waals surface area contributed by atoms with E-state index in [-0.39, 0.29) is 0 Å². The Morgan fingerprint density at radius 2 is 2.06 bits per heavy atom. The summed E-state index contributed by atoms with van der Waals surface area (Å²) in [6.45, 7) is 5.27. The van der Waals surface area contributed by atoms with E-state index < -0.39 is 0 Å². The Balaban J connectivity index is 1.84. The lowest BCUT2D eigenvalue weighted by Gasteiger charge is -2.02. The second kappa shape index (κ2) is 4.90. The molecule has 2 aromatic heterocycles. The van der Waals surface area contributed by atoms with Crippen molar-refractivity contribution in [1.82, 2.24) is 15.3 Å². The van der Waals surface area contributed by atoms with Gasteiger partial charge in [-0.1, -0.05) is 0 Å². The summed E-state index contributed by atoms with van der Waals surface area (Å²) in [5, 5.41) is 3.27. The Morgan fingerprint density at radius 1 is 1.19 bits per heavy atom. The molecular weight excluding hydrogens is 202 g/mol. The summed E-state index contributed by atoms with van der Waals surface area (Å²) in [5.74, 6) is 2.69. The van der Waals surface area contributed by atoms with Crippen LogP contribution < -0.4 is 5.32 Å². The average Bonchev–Trinajstić information content (AvgIpc) is 2.64. The molecule has 4 nitrogen and oxygen atoms in total. The Labute approximate surface area is 94.7 Å². The third kappa shape index (κ3) is 2.90. The van der Waals surface area contributed by atoms with Crippen molar-refractivity contribution in [2.45, 2.75) is 26.9 Å². The minimum Gasteiger partial charge on any atom is -0.465 e. The molecule has 0 unspecified atom stereocenters. The first-order valence-corrected chi connectivity index (χ1v) is 5.28. The molecule has 0 aliphatic heterocycles. The van der Waals surface area contributed by atoms with Crippen LogP contribution in [0.4, 0.5) is 0 Å². The van der Waals surface area contributed by atoms with Crippen LogP contribution in [0.25, 0.3) is 0 Å². The smallest absolute Gasteiger partial charge is 0.125 e. The topological polar surface area (TPSA) is 51.0 Å². The van der Waals surface area contributed by atoms with Gasteiger partial charge in [0.2, 0.25) is 0 Å². The number of hydrogen-bond donors (Lipinski definition) is 1. The monoisotopic (exact) mass is 217 g/mol. The minimum atomic E-state index is 0.719. The van der Waals surface area contributed by atoms with E-state index in [0.717, 1.165) is 36.1 Å². The van der Waals surface area contributed by atoms with Crippen LogP contribution in [-0.4, -0.2) is 9.97 Å². The van der Waals surface area contributed by atoms with Gasteiger partial charge in [-0.3, -0.25) is 0 Å². The first-order valence-electron chi connectivity index (χ1n) is 5.28. The maximum absolute atomic E-state index is 5.45. The predicted octanol–water partition coefficient (Wildman–Crippen LogP) is 1.98. The van der Waals surface area contributed by atoms with Crippen molar-refractivity contribution in [2.24, 2.45) is 0 Å². The van der Waals surface area contributed by atoms with E-state index in [2.05, 4.69) is 15.3 Å². The Bertz CT molecular complexity index is 465. The molecule has 0 spiro atoms. The van der Waals surface area contributed by atoms with Crippen molar-refractivity contribution in [3.8, 4) is 0 Å². The zero-order valence-corrected chi connectivity index (χ0v) is 9.53. The normalized spacial score (nSPS) is 10.6. The van der Waals surface area contributed by atoms with Crippen LogP contribution in [0.5, 0.6) is 0 Å². The van der Waals surface area contributed by atoms with Gasteiger partial charge in [-0.25, -0.2) is 9.97 Å². The molecule has 0 aliphatic carbocycles. The summed E-state index contributed by atoms with van der Waals surface area (Å²) < 4.78 is 5.45. The number of nitrogens with one attached hydrogen (secondary N) is 1. The maximum Gasteiger partial charge on any atom is 0.125 e. The summed E-state index contributed by atoms with van der Waals surface area (Å²) >= 11 is 0. The quantitative estimate of drug-likeness (QED) is 0.850. The molecule has 4 heteroatoms. The summed E-state index contributed by atoms with van der Waals surface area (Å²) in [6, 6.07) is 5.85. The van der Waals surface area contributed by atoms with Gasteiger partial charge in [0.1, 0.15) is 17.3 Å². The number of rotatable bonds is 4. The number of nitrogens with zero attached hydrogens (tertiary/aromatic N) is 2. The number of aromatic nitrogens is 2. The fraction of sp³-hybridized carbons (Fsp3) is 0.333. The number of furan rings is 1. The minimum absolute atomic E-state index is 0.719. The SMILES string of the molecule is Cc1nccc(CNCc2ccc(C)o2)n1. The molecule has 0 amide bonds. The highest BCUT2D eigenvalue weighted by atomic mass is 16.3. The van der Waals surface area contributed by atoms with Crippen molar-refractivity contribution in [3.05, 3.63) is 47.4 Å². The van der Waals surface area contributed by atoms with Crippen LogP contribution in [0.1, 0.15) is 23.0 Å². The molecule has 0 aromatic carbocycles. The lowest BCUT2D eigenvalue weighted by molar-refractivity contribution is 0.460. The van der Waals surface area contributed by atoms with Gasteiger partial charge in [0, 0.05) is 12.7 Å². The van der Waals surface area contributed by atoms with Gasteiger partial charge in [-0.2, -0.15) is 0 Å². The van der Waals surface area contributed by atoms with Crippen molar-refractivity contribution in [3.63, 3.8) is 0 Å². The molecule has 1 N–H and O–H groups in total. The molecule has 84 valence electrons. The van der Waals surface area contributed by atoms with Crippen molar-refractivity contribution >= 4 is 0 Å². The fourth-order valence-corrected chi connectivity index (χ4v) is 1.50. The summed E-state index contributed by atoms with van der Waals surface area (Å²) in [5.41, 5.74) is 0.996. The van der Waals surface area contributed by atoms with Crippen molar-refractivity contribution in [1.29, 1.82) is 0 Å². The molecule has 2 rings (SSSR count). The van der Waals surface area contributed by atoms with E-state index in [1.165, 1.54) is 0 Å². The molecule has 0 radical (unpaired) electrons. The summed E-state index contributed by atoms with van der Waals surface area (Å²) in [4.78, 5) is 8.36. The van der Waals surface area contributed by atoms with E-state index in [9.17, 15) is 0 Å². The van der Waals surface area contributed by atoms with Gasteiger partial charge in [0.05, 0.1) is 12.2 Å². The molecule has 16 heavy (non-hydrogen) atoms. The third-order valence-electron chi connectivity index (χ3n) is 2.24. The van der Waals surface area contributed by atoms with Crippen LogP contribution in [0.3, 0.4) is 0 Å². The van der Waals surface area contributed by atoms with Crippen LogP contribution in [0.2, 0.25) is 0 Å². The van der Waals surface area contributed by atoms with E-state index in [0.29, 0.717) is 0 Å². The van der Waals surface area contributed by atoms with E-state index in [1.807, 2.05) is 32.0 Å². The molecule has 0 aliphatic rings. The highest BCUT2D eigenvalue weighted by molar-refractivity contribution is 5.06. The maximum atomic E-state index is 5.45. The number of hydrogen-bond acceptors (Lipinski definition) is 4. The van der Waals surface area contributed by atoms with E-state index >= 15 is 0 Å². The highest BCUT2D eigenvalue weighted by Crippen LogP contribution is 2.05. The predicted molar refractivity (Wildman–Crippen MR) is 60.8 cm³/mol. The molecule has 0 fully saturated rings. The zero-order chi connectivity index (χ0) is 11.4. The molecule has 2 aromatic rings. The fourth-order valence-electron chi connectivity index (χ4n) is 1.50. The Hall–Kier alpha value is -1.68. The van der Waals surface area contributed by atoms with E-state index in [4.69, 9.17) is 4.42 Å². The van der Waals surface area contributed by atoms with Gasteiger partial charge in [0.25, 0.3) is 0 Å². The van der Waals surface area contributed by atoms with Crippen LogP contribution in [0, 0.1) is 13.8 Å². The Morgan fingerprint density at radius 3 is 2.75 bits per heavy atom. The van der Waals surface area contributed by atoms with Crippen molar-refractivity contribution < 1.29 is 4.42 Å². The largest absolute Gasteiger partial charge is 0.465 e. The van der Waals surface area contributed by atoms with Crippen LogP contribution >= 0.6 is 0 Å². The molecular formula is C12H15N3O. The summed E-state index contributed by atoms with van der Waals surface area (Å²) in [7, 11) is 0. The lowest BCUT2D eigenvalue weighted by atomic mass is 10.3. The first kappa shape index (κ1) is 10.8. The highest BCUT2D eigenvalue weighted by Gasteiger charge is 1.99. The molecule has 0 bridgehead atoms. The molecule has 0 saturated heterocycles. The molecule has 0 atom stereocenters. The van der Waals surface area contributed by atoms with Gasteiger partial charge < -0.3 is 9.73 Å². The third-order valence-corrected chi connectivity index (χ3v) is 2.24. The van der Waals surface area contributed by atoms with Crippen molar-refractivity contribution in [2.75, 3.05) is 0 Å². The second-order valence-corrected chi connectivity index (χ2v) is 3.71. The molecule has 2 heterocycles. The van der Waals surface area contributed by atoms with Gasteiger partial charge in [-0.15, -0.1) is 0 Å². The van der Waals surface area contributed by atoms with E-state index in [1.54, 1.807) is 6.20 Å². The lowest BCUT2D eigenvalue weighted by Crippen LogP contribution is -2.13.